The topological polar surface area (TPSA) is 38.0 Å². The van der Waals surface area contributed by atoms with E-state index in [9.17, 15) is 35.1 Å². The average Bonchev–Trinajstić information content (AvgIpc) is 2.23. The second-order valence-electron chi connectivity index (χ2n) is 3.84. The Hall–Kier alpha value is -1.42. The molecule has 10 heteroatoms. The van der Waals surface area contributed by atoms with Crippen LogP contribution in [0, 0.1) is 17.6 Å². The van der Waals surface area contributed by atoms with Crippen LogP contribution < -0.4 is 11.3 Å². The molecule has 0 spiro atoms. The maximum Gasteiger partial charge on any atom is 0.402 e. The Labute approximate surface area is 107 Å². The molecular weight excluding hydrogens is 300 g/mol. The number of halogens is 8. The molecule has 2 nitrogen and oxygen atoms in total. The van der Waals surface area contributed by atoms with E-state index in [1.165, 1.54) is 5.43 Å². The van der Waals surface area contributed by atoms with Crippen LogP contribution in [0.1, 0.15) is 11.6 Å². The van der Waals surface area contributed by atoms with Gasteiger partial charge in [-0.15, -0.1) is 0 Å². The lowest BCUT2D eigenvalue weighted by Gasteiger charge is -2.30. The molecule has 0 fully saturated rings. The van der Waals surface area contributed by atoms with Crippen molar-refractivity contribution in [2.45, 2.75) is 18.4 Å². The van der Waals surface area contributed by atoms with Gasteiger partial charge in [0.15, 0.2) is 5.92 Å². The van der Waals surface area contributed by atoms with Crippen molar-refractivity contribution in [2.75, 3.05) is 0 Å². The minimum atomic E-state index is -5.79. The molecule has 1 aromatic carbocycles. The molecule has 0 aromatic heterocycles. The number of hydrazine groups is 1. The van der Waals surface area contributed by atoms with Gasteiger partial charge in [0.1, 0.15) is 11.6 Å². The van der Waals surface area contributed by atoms with Crippen LogP contribution in [0.15, 0.2) is 18.2 Å². The molecule has 3 N–H and O–H groups in total. The normalized spacial score (nSPS) is 14.7. The number of hydrogen-bond donors (Lipinski definition) is 2. The number of alkyl halides is 6. The first kappa shape index (κ1) is 16.6. The highest BCUT2D eigenvalue weighted by Gasteiger charge is 2.61. The summed E-state index contributed by atoms with van der Waals surface area (Å²) in [6.07, 6.45) is -11.6. The first-order valence-corrected chi connectivity index (χ1v) is 5.03. The third-order valence-corrected chi connectivity index (χ3v) is 2.53. The molecule has 0 radical (unpaired) electrons. The molecule has 0 saturated carbocycles. The van der Waals surface area contributed by atoms with Gasteiger partial charge < -0.3 is 0 Å². The zero-order valence-electron chi connectivity index (χ0n) is 9.49. The van der Waals surface area contributed by atoms with Crippen molar-refractivity contribution in [1.82, 2.24) is 5.43 Å². The van der Waals surface area contributed by atoms with Crippen molar-refractivity contribution >= 4 is 0 Å². The van der Waals surface area contributed by atoms with Gasteiger partial charge >= 0.3 is 12.4 Å². The van der Waals surface area contributed by atoms with E-state index in [2.05, 4.69) is 5.84 Å². The maximum absolute atomic E-state index is 13.4. The maximum atomic E-state index is 13.4. The smallest absolute Gasteiger partial charge is 0.271 e. The molecule has 1 rings (SSSR count). The van der Waals surface area contributed by atoms with Crippen molar-refractivity contribution < 1.29 is 35.1 Å². The fourth-order valence-corrected chi connectivity index (χ4v) is 1.72. The summed E-state index contributed by atoms with van der Waals surface area (Å²) in [6.45, 7) is 0. The van der Waals surface area contributed by atoms with Crippen molar-refractivity contribution in [3.8, 4) is 0 Å². The van der Waals surface area contributed by atoms with Crippen LogP contribution in [0.2, 0.25) is 0 Å². The number of rotatable bonds is 3. The first-order valence-electron chi connectivity index (χ1n) is 5.03. The standard InChI is InChI=1S/C10H8F8N2/c11-4-2-1-3-5(12)6(4)7(20-19)8(9(13,14)15)10(16,17)18/h1-3,7-8,20H,19H2. The monoisotopic (exact) mass is 308 g/mol. The molecule has 1 aromatic rings. The molecule has 1 atom stereocenters. The quantitative estimate of drug-likeness (QED) is 0.511. The van der Waals surface area contributed by atoms with Gasteiger partial charge in [0.25, 0.3) is 0 Å². The summed E-state index contributed by atoms with van der Waals surface area (Å²) in [7, 11) is 0. The van der Waals surface area contributed by atoms with E-state index in [4.69, 9.17) is 0 Å². The van der Waals surface area contributed by atoms with Crippen LogP contribution in [0.3, 0.4) is 0 Å². The Balaban J connectivity index is 3.43. The highest BCUT2D eigenvalue weighted by atomic mass is 19.4. The van der Waals surface area contributed by atoms with Crippen LogP contribution >= 0.6 is 0 Å². The van der Waals surface area contributed by atoms with Crippen LogP contribution in [0.25, 0.3) is 0 Å². The third-order valence-electron chi connectivity index (χ3n) is 2.53. The second kappa shape index (κ2) is 5.52. The second-order valence-corrected chi connectivity index (χ2v) is 3.84. The Bertz CT molecular complexity index is 433. The minimum Gasteiger partial charge on any atom is -0.271 e. The largest absolute Gasteiger partial charge is 0.402 e. The molecule has 0 aliphatic carbocycles. The predicted molar refractivity (Wildman–Crippen MR) is 52.0 cm³/mol. The Morgan fingerprint density at radius 3 is 1.60 bits per heavy atom. The van der Waals surface area contributed by atoms with Crippen LogP contribution in [-0.2, 0) is 0 Å². The van der Waals surface area contributed by atoms with E-state index in [1.807, 2.05) is 0 Å². The van der Waals surface area contributed by atoms with Crippen LogP contribution in [0.5, 0.6) is 0 Å². The van der Waals surface area contributed by atoms with Gasteiger partial charge in [-0.05, 0) is 12.1 Å². The third kappa shape index (κ3) is 3.37. The van der Waals surface area contributed by atoms with Crippen molar-refractivity contribution in [3.05, 3.63) is 35.4 Å². The first-order chi connectivity index (χ1) is 9.00. The Kier molecular flexibility index (Phi) is 4.59. The summed E-state index contributed by atoms with van der Waals surface area (Å²) in [5, 5.41) is 0. The summed E-state index contributed by atoms with van der Waals surface area (Å²) < 4.78 is 102. The van der Waals surface area contributed by atoms with E-state index in [0.29, 0.717) is 12.1 Å². The number of nitrogens with two attached hydrogens (primary N) is 1. The molecule has 0 bridgehead atoms. The highest BCUT2D eigenvalue weighted by Crippen LogP contribution is 2.46. The Morgan fingerprint density at radius 1 is 0.900 bits per heavy atom. The molecule has 0 heterocycles. The highest BCUT2D eigenvalue weighted by molar-refractivity contribution is 5.24. The summed E-state index contributed by atoms with van der Waals surface area (Å²) >= 11 is 0. The summed E-state index contributed by atoms with van der Waals surface area (Å²) in [5.41, 5.74) is -0.228. The summed E-state index contributed by atoms with van der Waals surface area (Å²) in [4.78, 5) is 0. The SMILES string of the molecule is NNC(c1c(F)cccc1F)C(C(F)(F)F)C(F)(F)F. The molecule has 114 valence electrons. The Morgan fingerprint density at radius 2 is 1.30 bits per heavy atom. The average molecular weight is 308 g/mol. The molecule has 0 aliphatic heterocycles. The number of benzene rings is 1. The predicted octanol–water partition coefficient (Wildman–Crippen LogP) is 3.21. The van der Waals surface area contributed by atoms with Crippen molar-refractivity contribution in [3.63, 3.8) is 0 Å². The van der Waals surface area contributed by atoms with E-state index in [-0.39, 0.29) is 0 Å². The summed E-state index contributed by atoms with van der Waals surface area (Å²) in [6, 6.07) is -0.965. The molecule has 0 saturated heterocycles. The zero-order chi connectivity index (χ0) is 15.7. The lowest BCUT2D eigenvalue weighted by atomic mass is 9.91. The van der Waals surface area contributed by atoms with Gasteiger partial charge in [-0.3, -0.25) is 11.3 Å². The minimum absolute atomic E-state index is 0.534. The number of hydrogen-bond acceptors (Lipinski definition) is 2. The van der Waals surface area contributed by atoms with Crippen LogP contribution in [-0.4, -0.2) is 12.4 Å². The van der Waals surface area contributed by atoms with Gasteiger partial charge in [-0.1, -0.05) is 6.07 Å². The van der Waals surface area contributed by atoms with E-state index in [1.54, 1.807) is 0 Å². The lowest BCUT2D eigenvalue weighted by molar-refractivity contribution is -0.293. The van der Waals surface area contributed by atoms with E-state index in [0.717, 1.165) is 6.07 Å². The molecule has 20 heavy (non-hydrogen) atoms. The van der Waals surface area contributed by atoms with Gasteiger partial charge in [-0.25, -0.2) is 8.78 Å². The number of nitrogens with one attached hydrogen (secondary N) is 1. The fraction of sp³-hybridized carbons (Fsp3) is 0.400. The van der Waals surface area contributed by atoms with Crippen molar-refractivity contribution in [2.24, 2.45) is 11.8 Å². The lowest BCUT2D eigenvalue weighted by Crippen LogP contribution is -2.48. The zero-order valence-corrected chi connectivity index (χ0v) is 9.49. The van der Waals surface area contributed by atoms with E-state index < -0.39 is 41.5 Å². The van der Waals surface area contributed by atoms with Crippen LogP contribution in [0.4, 0.5) is 35.1 Å². The summed E-state index contributed by atoms with van der Waals surface area (Å²) in [5.74, 6) is -2.52. The fourth-order valence-electron chi connectivity index (χ4n) is 1.72. The van der Waals surface area contributed by atoms with Gasteiger partial charge in [0, 0.05) is 5.56 Å². The molecule has 1 unspecified atom stereocenters. The molecule has 0 amide bonds. The van der Waals surface area contributed by atoms with E-state index >= 15 is 0 Å². The van der Waals surface area contributed by atoms with Gasteiger partial charge in [-0.2, -0.15) is 26.3 Å². The van der Waals surface area contributed by atoms with Crippen molar-refractivity contribution in [1.29, 1.82) is 0 Å². The van der Waals surface area contributed by atoms with Gasteiger partial charge in [0.05, 0.1) is 6.04 Å². The molecular formula is C10H8F8N2. The molecule has 0 aliphatic rings. The van der Waals surface area contributed by atoms with Gasteiger partial charge in [0.2, 0.25) is 0 Å².